The van der Waals surface area contributed by atoms with E-state index in [1.165, 1.54) is 0 Å². The summed E-state index contributed by atoms with van der Waals surface area (Å²) in [5, 5.41) is 2.78. The molecule has 0 atom stereocenters. The molecule has 0 spiro atoms. The van der Waals surface area contributed by atoms with Crippen LogP contribution in [0.5, 0.6) is 0 Å². The van der Waals surface area contributed by atoms with Crippen LogP contribution in [0.25, 0.3) is 0 Å². The van der Waals surface area contributed by atoms with Crippen LogP contribution in [0.2, 0.25) is 0 Å². The molecule has 0 radical (unpaired) electrons. The number of amides is 1. The molecule has 0 fully saturated rings. The first-order valence-electron chi connectivity index (χ1n) is 6.45. The molecule has 0 saturated carbocycles. The van der Waals surface area contributed by atoms with E-state index < -0.39 is 0 Å². The molecule has 17 heavy (non-hydrogen) atoms. The van der Waals surface area contributed by atoms with Crippen molar-refractivity contribution in [3.8, 4) is 0 Å². The van der Waals surface area contributed by atoms with Gasteiger partial charge in [0, 0.05) is 13.0 Å². The van der Waals surface area contributed by atoms with Crippen LogP contribution in [0.1, 0.15) is 60.8 Å². The van der Waals surface area contributed by atoms with E-state index in [2.05, 4.69) is 46.9 Å². The van der Waals surface area contributed by atoms with Crippen LogP contribution in [0, 0.1) is 10.8 Å². The summed E-state index contributed by atoms with van der Waals surface area (Å²) in [5.41, 5.74) is 0.501. The third-order valence-electron chi connectivity index (χ3n) is 2.47. The van der Waals surface area contributed by atoms with Crippen LogP contribution in [-0.2, 0) is 9.53 Å². The molecule has 1 amide bonds. The number of carbonyl (C=O) groups is 1. The molecule has 0 saturated heterocycles. The first kappa shape index (κ1) is 16.4. The van der Waals surface area contributed by atoms with Crippen molar-refractivity contribution in [3.63, 3.8) is 0 Å². The molecule has 0 aromatic rings. The van der Waals surface area contributed by atoms with Crippen molar-refractivity contribution in [1.82, 2.24) is 5.32 Å². The van der Waals surface area contributed by atoms with Crippen molar-refractivity contribution in [2.75, 3.05) is 13.3 Å². The average molecular weight is 243 g/mol. The third-order valence-corrected chi connectivity index (χ3v) is 2.47. The predicted molar refractivity (Wildman–Crippen MR) is 71.7 cm³/mol. The van der Waals surface area contributed by atoms with E-state index >= 15 is 0 Å². The maximum atomic E-state index is 11.5. The van der Waals surface area contributed by atoms with Crippen LogP contribution in [0.3, 0.4) is 0 Å². The van der Waals surface area contributed by atoms with Gasteiger partial charge in [-0.25, -0.2) is 0 Å². The Morgan fingerprint density at radius 3 is 2.00 bits per heavy atom. The van der Waals surface area contributed by atoms with Crippen molar-refractivity contribution >= 4 is 5.91 Å². The molecule has 3 nitrogen and oxygen atoms in total. The maximum Gasteiger partial charge on any atom is 0.221 e. The fourth-order valence-corrected chi connectivity index (χ4v) is 1.16. The normalized spacial score (nSPS) is 12.6. The molecule has 0 aromatic heterocycles. The maximum absolute atomic E-state index is 11.5. The van der Waals surface area contributed by atoms with E-state index in [1.54, 1.807) is 0 Å². The molecule has 1 N–H and O–H groups in total. The highest BCUT2D eigenvalue weighted by Gasteiger charge is 2.13. The van der Waals surface area contributed by atoms with Gasteiger partial charge >= 0.3 is 0 Å². The zero-order chi connectivity index (χ0) is 13.5. The highest BCUT2D eigenvalue weighted by Crippen LogP contribution is 2.20. The van der Waals surface area contributed by atoms with Gasteiger partial charge in [-0.15, -0.1) is 0 Å². The van der Waals surface area contributed by atoms with Gasteiger partial charge in [0.2, 0.25) is 5.91 Å². The van der Waals surface area contributed by atoms with Gasteiger partial charge in [0.25, 0.3) is 0 Å². The molecule has 0 aliphatic carbocycles. The largest absolute Gasteiger partial charge is 0.361 e. The first-order chi connectivity index (χ1) is 7.60. The molecule has 3 heteroatoms. The summed E-state index contributed by atoms with van der Waals surface area (Å²) in [5.74, 6) is 0.0793. The Bertz CT molecular complexity index is 223. The zero-order valence-corrected chi connectivity index (χ0v) is 12.4. The number of ether oxygens (including phenoxy) is 1. The van der Waals surface area contributed by atoms with E-state index in [1.807, 2.05) is 0 Å². The molecule has 0 heterocycles. The highest BCUT2D eigenvalue weighted by atomic mass is 16.5. The predicted octanol–water partition coefficient (Wildman–Crippen LogP) is 3.34. The first-order valence-corrected chi connectivity index (χ1v) is 6.45. The third kappa shape index (κ3) is 13.4. The minimum atomic E-state index is 0.0793. The van der Waals surface area contributed by atoms with Crippen LogP contribution in [0.15, 0.2) is 0 Å². The Hall–Kier alpha value is -0.570. The lowest BCUT2D eigenvalue weighted by atomic mass is 9.90. The van der Waals surface area contributed by atoms with E-state index in [4.69, 9.17) is 4.74 Å². The highest BCUT2D eigenvalue weighted by molar-refractivity contribution is 5.75. The summed E-state index contributed by atoms with van der Waals surface area (Å²) in [7, 11) is 0. The summed E-state index contributed by atoms with van der Waals surface area (Å²) < 4.78 is 5.38. The Morgan fingerprint density at radius 2 is 1.53 bits per heavy atom. The molecule has 0 rings (SSSR count). The fraction of sp³-hybridized carbons (Fsp3) is 0.929. The van der Waals surface area contributed by atoms with E-state index in [-0.39, 0.29) is 16.7 Å². The molecule has 0 unspecified atom stereocenters. The van der Waals surface area contributed by atoms with Crippen molar-refractivity contribution in [2.45, 2.75) is 60.8 Å². The lowest BCUT2D eigenvalue weighted by Gasteiger charge is -2.18. The molecular weight excluding hydrogens is 214 g/mol. The number of carbonyl (C=O) groups excluding carboxylic acids is 1. The summed E-state index contributed by atoms with van der Waals surface area (Å²) in [6, 6.07) is 0. The van der Waals surface area contributed by atoms with Crippen LogP contribution >= 0.6 is 0 Å². The second-order valence-electron chi connectivity index (χ2n) is 7.02. The Kier molecular flexibility index (Phi) is 6.76. The molecule has 0 bridgehead atoms. The molecule has 0 aromatic carbocycles. The number of rotatable bonds is 6. The van der Waals surface area contributed by atoms with Gasteiger partial charge in [-0.3, -0.25) is 4.79 Å². The number of nitrogens with one attached hydrogen (secondary N) is 1. The van der Waals surface area contributed by atoms with Crippen molar-refractivity contribution < 1.29 is 9.53 Å². The summed E-state index contributed by atoms with van der Waals surface area (Å²) >= 11 is 0. The Balaban J connectivity index is 3.47. The van der Waals surface area contributed by atoms with E-state index in [0.717, 1.165) is 12.8 Å². The summed E-state index contributed by atoms with van der Waals surface area (Å²) in [6.45, 7) is 14.0. The topological polar surface area (TPSA) is 38.3 Å². The van der Waals surface area contributed by atoms with Crippen LogP contribution in [-0.4, -0.2) is 19.2 Å². The SMILES string of the molecule is CC(C)(C)CCOCNC(=O)CCC(C)(C)C. The standard InChI is InChI=1S/C14H29NO2/c1-13(2,3)8-7-12(16)15-11-17-10-9-14(4,5)6/h7-11H2,1-6H3,(H,15,16). The average Bonchev–Trinajstić information content (AvgIpc) is 2.11. The summed E-state index contributed by atoms with van der Waals surface area (Å²) in [4.78, 5) is 11.5. The second kappa shape index (κ2) is 7.00. The second-order valence-corrected chi connectivity index (χ2v) is 7.02. The monoisotopic (exact) mass is 243 g/mol. The molecule has 102 valence electrons. The van der Waals surface area contributed by atoms with Gasteiger partial charge < -0.3 is 10.1 Å². The fourth-order valence-electron chi connectivity index (χ4n) is 1.16. The smallest absolute Gasteiger partial charge is 0.221 e. The van der Waals surface area contributed by atoms with Gasteiger partial charge in [0.1, 0.15) is 6.73 Å². The van der Waals surface area contributed by atoms with Crippen molar-refractivity contribution in [2.24, 2.45) is 10.8 Å². The summed E-state index contributed by atoms with van der Waals surface area (Å²) in [6.07, 6.45) is 2.48. The minimum absolute atomic E-state index is 0.0793. The van der Waals surface area contributed by atoms with Gasteiger partial charge in [-0.2, -0.15) is 0 Å². The van der Waals surface area contributed by atoms with Crippen molar-refractivity contribution in [3.05, 3.63) is 0 Å². The van der Waals surface area contributed by atoms with Crippen LogP contribution in [0.4, 0.5) is 0 Å². The van der Waals surface area contributed by atoms with Crippen molar-refractivity contribution in [1.29, 1.82) is 0 Å². The quantitative estimate of drug-likeness (QED) is 0.574. The van der Waals surface area contributed by atoms with E-state index in [0.29, 0.717) is 19.8 Å². The Labute approximate surface area is 106 Å². The van der Waals surface area contributed by atoms with Crippen LogP contribution < -0.4 is 5.32 Å². The van der Waals surface area contributed by atoms with Gasteiger partial charge in [0.15, 0.2) is 0 Å². The molecule has 0 aliphatic heterocycles. The van der Waals surface area contributed by atoms with Gasteiger partial charge in [-0.1, -0.05) is 41.5 Å². The van der Waals surface area contributed by atoms with E-state index in [9.17, 15) is 4.79 Å². The number of hydrogen-bond donors (Lipinski definition) is 1. The molecule has 0 aliphatic rings. The minimum Gasteiger partial charge on any atom is -0.361 e. The lowest BCUT2D eigenvalue weighted by Crippen LogP contribution is -2.27. The van der Waals surface area contributed by atoms with Gasteiger partial charge in [-0.05, 0) is 23.7 Å². The Morgan fingerprint density at radius 1 is 1.00 bits per heavy atom. The number of hydrogen-bond acceptors (Lipinski definition) is 2. The van der Waals surface area contributed by atoms with Gasteiger partial charge in [0.05, 0.1) is 0 Å². The molecular formula is C14H29NO2. The zero-order valence-electron chi connectivity index (χ0n) is 12.4. The lowest BCUT2D eigenvalue weighted by molar-refractivity contribution is -0.123.